The normalized spacial score (nSPS) is 26.4. The molecule has 2 fully saturated rings. The van der Waals surface area contributed by atoms with E-state index in [1.807, 2.05) is 0 Å². The number of piperidine rings is 2. The Labute approximate surface area is 121 Å². The Hall–Kier alpha value is -0.660. The molecule has 116 valence electrons. The second kappa shape index (κ2) is 6.87. The molecule has 0 aliphatic carbocycles. The average Bonchev–Trinajstić information content (AvgIpc) is 2.48. The highest BCUT2D eigenvalue weighted by atomic mass is 32.2. The Kier molecular flexibility index (Phi) is 5.40. The molecule has 1 amide bonds. The minimum atomic E-state index is -3.09. The van der Waals surface area contributed by atoms with E-state index >= 15 is 0 Å². The largest absolute Gasteiger partial charge is 0.352 e. The van der Waals surface area contributed by atoms with Crippen molar-refractivity contribution >= 4 is 15.9 Å². The molecule has 2 aliphatic heterocycles. The summed E-state index contributed by atoms with van der Waals surface area (Å²) in [7, 11) is -3.09. The number of rotatable bonds is 4. The first-order valence-corrected chi connectivity index (χ1v) is 9.15. The van der Waals surface area contributed by atoms with Gasteiger partial charge in [0.05, 0.1) is 11.8 Å². The third-order valence-electron chi connectivity index (χ3n) is 4.19. The molecule has 0 bridgehead atoms. The molecule has 2 heterocycles. The third-order valence-corrected chi connectivity index (χ3v) is 6.07. The van der Waals surface area contributed by atoms with Crippen molar-refractivity contribution in [1.29, 1.82) is 0 Å². The van der Waals surface area contributed by atoms with Crippen molar-refractivity contribution in [2.45, 2.75) is 51.1 Å². The summed E-state index contributed by atoms with van der Waals surface area (Å²) in [6.45, 7) is 3.60. The number of hydrogen-bond acceptors (Lipinski definition) is 4. The smallest absolute Gasteiger partial charge is 0.237 e. The van der Waals surface area contributed by atoms with Crippen LogP contribution in [0.1, 0.15) is 39.0 Å². The molecule has 2 N–H and O–H groups in total. The van der Waals surface area contributed by atoms with Gasteiger partial charge in [-0.25, -0.2) is 12.7 Å². The third kappa shape index (κ3) is 3.93. The molecule has 0 saturated carbocycles. The summed E-state index contributed by atoms with van der Waals surface area (Å²) in [6, 6.07) is 0.0377. The van der Waals surface area contributed by atoms with Gasteiger partial charge in [0.1, 0.15) is 0 Å². The molecule has 2 aliphatic rings. The first kappa shape index (κ1) is 15.7. The van der Waals surface area contributed by atoms with Crippen molar-refractivity contribution in [2.24, 2.45) is 0 Å². The van der Waals surface area contributed by atoms with E-state index in [0.29, 0.717) is 25.9 Å². The molecule has 0 radical (unpaired) electrons. The van der Waals surface area contributed by atoms with E-state index in [2.05, 4.69) is 10.6 Å². The maximum atomic E-state index is 12.1. The lowest BCUT2D eigenvalue weighted by molar-refractivity contribution is -0.124. The summed E-state index contributed by atoms with van der Waals surface area (Å²) in [5, 5.41) is 6.29. The lowest BCUT2D eigenvalue weighted by Gasteiger charge is -2.32. The zero-order valence-electron chi connectivity index (χ0n) is 12.1. The molecule has 0 aromatic carbocycles. The van der Waals surface area contributed by atoms with Crippen molar-refractivity contribution in [2.75, 3.05) is 25.4 Å². The Balaban J connectivity index is 1.78. The van der Waals surface area contributed by atoms with Gasteiger partial charge < -0.3 is 10.6 Å². The summed E-state index contributed by atoms with van der Waals surface area (Å²) in [5.74, 6) is 0.220. The number of nitrogens with one attached hydrogen (secondary N) is 2. The Morgan fingerprint density at radius 1 is 1.25 bits per heavy atom. The van der Waals surface area contributed by atoms with E-state index in [9.17, 15) is 13.2 Å². The van der Waals surface area contributed by atoms with Gasteiger partial charge in [-0.3, -0.25) is 4.79 Å². The van der Waals surface area contributed by atoms with Crippen LogP contribution in [0.4, 0.5) is 0 Å². The SMILES string of the molecule is CCS(=O)(=O)N1CCC(NC(=O)[C@H]2CCCCN2)CC1. The van der Waals surface area contributed by atoms with Crippen molar-refractivity contribution in [3.63, 3.8) is 0 Å². The predicted molar refractivity (Wildman–Crippen MR) is 77.8 cm³/mol. The molecule has 0 spiro atoms. The second-order valence-corrected chi connectivity index (χ2v) is 7.84. The van der Waals surface area contributed by atoms with E-state index < -0.39 is 10.0 Å². The van der Waals surface area contributed by atoms with Crippen LogP contribution in [0.2, 0.25) is 0 Å². The molecular weight excluding hydrogens is 278 g/mol. The first-order valence-electron chi connectivity index (χ1n) is 7.54. The van der Waals surface area contributed by atoms with E-state index in [1.165, 1.54) is 4.31 Å². The minimum absolute atomic E-state index is 0.0684. The van der Waals surface area contributed by atoms with Gasteiger partial charge in [0.2, 0.25) is 15.9 Å². The summed E-state index contributed by atoms with van der Waals surface area (Å²) < 4.78 is 25.1. The summed E-state index contributed by atoms with van der Waals surface area (Å²) >= 11 is 0. The van der Waals surface area contributed by atoms with Crippen LogP contribution in [0.3, 0.4) is 0 Å². The molecule has 2 saturated heterocycles. The predicted octanol–water partition coefficient (Wildman–Crippen LogP) is 0.0588. The van der Waals surface area contributed by atoms with Crippen LogP contribution in [0.5, 0.6) is 0 Å². The van der Waals surface area contributed by atoms with Crippen molar-refractivity contribution in [3.05, 3.63) is 0 Å². The Morgan fingerprint density at radius 2 is 1.95 bits per heavy atom. The number of sulfonamides is 1. The Bertz CT molecular complexity index is 424. The van der Waals surface area contributed by atoms with Gasteiger partial charge in [0.25, 0.3) is 0 Å². The van der Waals surface area contributed by atoms with Gasteiger partial charge in [-0.1, -0.05) is 6.42 Å². The molecule has 0 aromatic heterocycles. The fourth-order valence-corrected chi connectivity index (χ4v) is 3.97. The average molecular weight is 303 g/mol. The quantitative estimate of drug-likeness (QED) is 0.770. The van der Waals surface area contributed by atoms with E-state index in [4.69, 9.17) is 0 Å². The lowest BCUT2D eigenvalue weighted by atomic mass is 10.0. The maximum absolute atomic E-state index is 12.1. The van der Waals surface area contributed by atoms with Gasteiger partial charge in [-0.15, -0.1) is 0 Å². The summed E-state index contributed by atoms with van der Waals surface area (Å²) in [4.78, 5) is 12.1. The highest BCUT2D eigenvalue weighted by Gasteiger charge is 2.29. The minimum Gasteiger partial charge on any atom is -0.352 e. The zero-order valence-corrected chi connectivity index (χ0v) is 12.9. The van der Waals surface area contributed by atoms with Crippen LogP contribution in [-0.2, 0) is 14.8 Å². The summed E-state index contributed by atoms with van der Waals surface area (Å²) in [5.41, 5.74) is 0. The number of carbonyl (C=O) groups is 1. The van der Waals surface area contributed by atoms with Gasteiger partial charge in [0.15, 0.2) is 0 Å². The van der Waals surface area contributed by atoms with Gasteiger partial charge in [-0.2, -0.15) is 0 Å². The van der Waals surface area contributed by atoms with Crippen molar-refractivity contribution < 1.29 is 13.2 Å². The molecule has 0 aromatic rings. The van der Waals surface area contributed by atoms with Crippen LogP contribution < -0.4 is 10.6 Å². The van der Waals surface area contributed by atoms with Crippen LogP contribution in [0.25, 0.3) is 0 Å². The highest BCUT2D eigenvalue weighted by molar-refractivity contribution is 7.89. The first-order chi connectivity index (χ1) is 9.53. The van der Waals surface area contributed by atoms with Gasteiger partial charge >= 0.3 is 0 Å². The molecule has 20 heavy (non-hydrogen) atoms. The molecular formula is C13H25N3O3S. The monoisotopic (exact) mass is 303 g/mol. The fraction of sp³-hybridized carbons (Fsp3) is 0.923. The molecule has 6 nitrogen and oxygen atoms in total. The van der Waals surface area contributed by atoms with Gasteiger partial charge in [-0.05, 0) is 39.2 Å². The highest BCUT2D eigenvalue weighted by Crippen LogP contribution is 2.15. The van der Waals surface area contributed by atoms with E-state index in [1.54, 1.807) is 6.92 Å². The van der Waals surface area contributed by atoms with Crippen LogP contribution in [0, 0.1) is 0 Å². The number of nitrogens with zero attached hydrogens (tertiary/aromatic N) is 1. The molecule has 1 atom stereocenters. The second-order valence-electron chi connectivity index (χ2n) is 5.58. The Morgan fingerprint density at radius 3 is 2.50 bits per heavy atom. The molecule has 0 unspecified atom stereocenters. The number of carbonyl (C=O) groups excluding carboxylic acids is 1. The van der Waals surface area contributed by atoms with Crippen LogP contribution in [-0.4, -0.2) is 56.1 Å². The molecule has 7 heteroatoms. The topological polar surface area (TPSA) is 78.5 Å². The standard InChI is InChI=1S/C13H25N3O3S/c1-2-20(18,19)16-9-6-11(7-10-16)15-13(17)12-5-3-4-8-14-12/h11-12,14H,2-10H2,1H3,(H,15,17)/t12-/m1/s1. The van der Waals surface area contributed by atoms with Crippen molar-refractivity contribution in [1.82, 2.24) is 14.9 Å². The fourth-order valence-electron chi connectivity index (χ4n) is 2.84. The van der Waals surface area contributed by atoms with Crippen LogP contribution in [0.15, 0.2) is 0 Å². The number of hydrogen-bond donors (Lipinski definition) is 2. The van der Waals surface area contributed by atoms with Gasteiger partial charge in [0, 0.05) is 19.1 Å². The van der Waals surface area contributed by atoms with Crippen LogP contribution >= 0.6 is 0 Å². The zero-order chi connectivity index (χ0) is 14.6. The number of amides is 1. The van der Waals surface area contributed by atoms with E-state index in [-0.39, 0.29) is 23.7 Å². The maximum Gasteiger partial charge on any atom is 0.237 e. The van der Waals surface area contributed by atoms with Crippen molar-refractivity contribution in [3.8, 4) is 0 Å². The van der Waals surface area contributed by atoms with E-state index in [0.717, 1.165) is 25.8 Å². The lowest BCUT2D eigenvalue weighted by Crippen LogP contribution is -2.52. The summed E-state index contributed by atoms with van der Waals surface area (Å²) in [6.07, 6.45) is 4.54. The molecule has 2 rings (SSSR count).